The number of halogens is 1. The minimum absolute atomic E-state index is 0. The van der Waals surface area contributed by atoms with Gasteiger partial charge >= 0.3 is 0 Å². The number of aromatic nitrogens is 2. The van der Waals surface area contributed by atoms with Crippen molar-refractivity contribution in [3.8, 4) is 11.5 Å². The number of ether oxygens (including phenoxy) is 1. The van der Waals surface area contributed by atoms with Crippen molar-refractivity contribution in [3.63, 3.8) is 0 Å². The summed E-state index contributed by atoms with van der Waals surface area (Å²) in [6.45, 7) is 4.88. The van der Waals surface area contributed by atoms with Crippen LogP contribution < -0.4 is 5.36 Å². The number of unbranched alkanes of at least 4 members (excludes halogenated alkanes) is 1. The Bertz CT molecular complexity index is 1260. The Labute approximate surface area is 192 Å². The van der Waals surface area contributed by atoms with E-state index in [4.69, 9.17) is 9.15 Å². The van der Waals surface area contributed by atoms with Crippen LogP contribution in [-0.2, 0) is 11.2 Å². The second-order valence-electron chi connectivity index (χ2n) is 7.95. The van der Waals surface area contributed by atoms with Crippen molar-refractivity contribution >= 4 is 28.9 Å². The number of fused-ring (bicyclic) bond motifs is 2. The van der Waals surface area contributed by atoms with E-state index in [1.54, 1.807) is 12.4 Å². The molecule has 1 N–H and O–H groups in total. The Hall–Kier alpha value is -2.87. The number of morpholine rings is 1. The fourth-order valence-electron chi connectivity index (χ4n) is 4.14. The van der Waals surface area contributed by atoms with Gasteiger partial charge in [0, 0.05) is 36.3 Å². The standard InChI is InChI=1S/C24H26N4O3.ClH/c29-26-21-16-24(22-15-19-5-3-9-28(19)17-25-22)31-23-7-6-18(14-20(21)23)4-1-2-8-27-10-12-30-13-11-27;/h3,5-7,9,14-17,29H,1-2,4,8,10-13H2;1H. The summed E-state index contributed by atoms with van der Waals surface area (Å²) in [5, 5.41) is 14.5. The zero-order valence-electron chi connectivity index (χ0n) is 17.8. The molecule has 1 fully saturated rings. The van der Waals surface area contributed by atoms with Crippen molar-refractivity contribution in [2.75, 3.05) is 32.8 Å². The summed E-state index contributed by atoms with van der Waals surface area (Å²) in [5.74, 6) is 0.572. The maximum atomic E-state index is 9.64. The minimum Gasteiger partial charge on any atom is -0.454 e. The van der Waals surface area contributed by atoms with Crippen LogP contribution in [-0.4, -0.2) is 52.3 Å². The molecule has 0 radical (unpaired) electrons. The van der Waals surface area contributed by atoms with Crippen molar-refractivity contribution < 1.29 is 14.4 Å². The SMILES string of the molecule is Cl.ON=c1cc(-c2cc3cccn3cn2)oc2ccc(CCCCN3CCOCC3)cc12. The molecule has 7 nitrogen and oxygen atoms in total. The van der Waals surface area contributed by atoms with Gasteiger partial charge in [-0.3, -0.25) is 4.90 Å². The highest BCUT2D eigenvalue weighted by Gasteiger charge is 2.11. The van der Waals surface area contributed by atoms with E-state index in [0.717, 1.165) is 63.0 Å². The molecule has 4 aromatic rings. The molecular weight excluding hydrogens is 428 g/mol. The smallest absolute Gasteiger partial charge is 0.155 e. The summed E-state index contributed by atoms with van der Waals surface area (Å²) in [6.07, 6.45) is 6.96. The van der Waals surface area contributed by atoms with E-state index in [0.29, 0.717) is 22.4 Å². The number of aryl methyl sites for hydroxylation is 1. The third-order valence-corrected chi connectivity index (χ3v) is 5.88. The number of hydrogen-bond acceptors (Lipinski definition) is 6. The van der Waals surface area contributed by atoms with Gasteiger partial charge in [-0.1, -0.05) is 11.2 Å². The quantitative estimate of drug-likeness (QED) is 0.269. The van der Waals surface area contributed by atoms with E-state index in [1.807, 2.05) is 34.9 Å². The van der Waals surface area contributed by atoms with Crippen LogP contribution in [0.4, 0.5) is 0 Å². The maximum Gasteiger partial charge on any atom is 0.155 e. The van der Waals surface area contributed by atoms with Gasteiger partial charge < -0.3 is 18.8 Å². The molecule has 4 heterocycles. The van der Waals surface area contributed by atoms with Gasteiger partial charge in [0.05, 0.1) is 19.5 Å². The molecule has 1 aromatic carbocycles. The van der Waals surface area contributed by atoms with Crippen molar-refractivity contribution in [2.24, 2.45) is 5.16 Å². The fraction of sp³-hybridized carbons (Fsp3) is 0.333. The van der Waals surface area contributed by atoms with Crippen molar-refractivity contribution in [1.82, 2.24) is 14.3 Å². The molecule has 0 saturated carbocycles. The molecule has 168 valence electrons. The van der Waals surface area contributed by atoms with Crippen LogP contribution in [0.25, 0.3) is 27.9 Å². The molecule has 0 amide bonds. The Balaban J connectivity index is 0.00000245. The van der Waals surface area contributed by atoms with Gasteiger partial charge in [0.15, 0.2) is 5.76 Å². The van der Waals surface area contributed by atoms with Gasteiger partial charge in [-0.25, -0.2) is 4.98 Å². The average molecular weight is 455 g/mol. The second-order valence-corrected chi connectivity index (χ2v) is 7.95. The maximum absolute atomic E-state index is 9.64. The topological polar surface area (TPSA) is 75.5 Å². The first-order chi connectivity index (χ1) is 15.3. The highest BCUT2D eigenvalue weighted by molar-refractivity contribution is 5.85. The predicted molar refractivity (Wildman–Crippen MR) is 125 cm³/mol. The fourth-order valence-corrected chi connectivity index (χ4v) is 4.14. The normalized spacial score (nSPS) is 15.3. The summed E-state index contributed by atoms with van der Waals surface area (Å²) >= 11 is 0. The summed E-state index contributed by atoms with van der Waals surface area (Å²) < 4.78 is 13.5. The van der Waals surface area contributed by atoms with Crippen LogP contribution in [0, 0.1) is 0 Å². The average Bonchev–Trinajstić information content (AvgIpc) is 3.30. The molecule has 1 saturated heterocycles. The number of hydrogen-bond donors (Lipinski definition) is 1. The molecule has 0 bridgehead atoms. The van der Waals surface area contributed by atoms with E-state index in [-0.39, 0.29) is 12.4 Å². The van der Waals surface area contributed by atoms with Gasteiger partial charge in [0.25, 0.3) is 0 Å². The van der Waals surface area contributed by atoms with Crippen molar-refractivity contribution in [2.45, 2.75) is 19.3 Å². The zero-order chi connectivity index (χ0) is 21.0. The summed E-state index contributed by atoms with van der Waals surface area (Å²) in [4.78, 5) is 6.94. The monoisotopic (exact) mass is 454 g/mol. The van der Waals surface area contributed by atoms with E-state index in [9.17, 15) is 5.21 Å². The third-order valence-electron chi connectivity index (χ3n) is 5.88. The highest BCUT2D eigenvalue weighted by Crippen LogP contribution is 2.23. The Morgan fingerprint density at radius 2 is 1.94 bits per heavy atom. The van der Waals surface area contributed by atoms with Gasteiger partial charge in [0.1, 0.15) is 16.6 Å². The molecule has 0 spiro atoms. The number of rotatable bonds is 6. The van der Waals surface area contributed by atoms with E-state index < -0.39 is 0 Å². The first kappa shape index (κ1) is 22.3. The largest absolute Gasteiger partial charge is 0.454 e. The highest BCUT2D eigenvalue weighted by atomic mass is 35.5. The minimum atomic E-state index is 0. The van der Waals surface area contributed by atoms with E-state index >= 15 is 0 Å². The van der Waals surface area contributed by atoms with Gasteiger partial charge in [0.2, 0.25) is 0 Å². The molecule has 5 rings (SSSR count). The molecule has 32 heavy (non-hydrogen) atoms. The van der Waals surface area contributed by atoms with Crippen LogP contribution in [0.3, 0.4) is 0 Å². The summed E-state index contributed by atoms with van der Waals surface area (Å²) in [5.41, 5.74) is 3.62. The van der Waals surface area contributed by atoms with Gasteiger partial charge in [-0.2, -0.15) is 0 Å². The molecule has 0 aliphatic carbocycles. The molecule has 0 atom stereocenters. The molecular formula is C24H27ClN4O3. The first-order valence-electron chi connectivity index (χ1n) is 10.8. The molecule has 3 aromatic heterocycles. The van der Waals surface area contributed by atoms with Crippen LogP contribution in [0.1, 0.15) is 18.4 Å². The van der Waals surface area contributed by atoms with E-state index in [2.05, 4.69) is 27.2 Å². The van der Waals surface area contributed by atoms with Crippen molar-refractivity contribution in [1.29, 1.82) is 0 Å². The van der Waals surface area contributed by atoms with Crippen LogP contribution in [0.15, 0.2) is 64.6 Å². The molecule has 0 unspecified atom stereocenters. The summed E-state index contributed by atoms with van der Waals surface area (Å²) in [6, 6.07) is 13.8. The zero-order valence-corrected chi connectivity index (χ0v) is 18.6. The van der Waals surface area contributed by atoms with Crippen LogP contribution >= 0.6 is 12.4 Å². The Kier molecular flexibility index (Phi) is 7.09. The number of nitrogens with zero attached hydrogens (tertiary/aromatic N) is 4. The molecule has 1 aliphatic heterocycles. The predicted octanol–water partition coefficient (Wildman–Crippen LogP) is 4.11. The van der Waals surface area contributed by atoms with Crippen LogP contribution in [0.2, 0.25) is 0 Å². The molecule has 8 heteroatoms. The Morgan fingerprint density at radius 1 is 1.06 bits per heavy atom. The van der Waals surface area contributed by atoms with Gasteiger partial charge in [-0.05, 0) is 61.7 Å². The first-order valence-corrected chi connectivity index (χ1v) is 10.8. The third kappa shape index (κ3) is 4.80. The van der Waals surface area contributed by atoms with Crippen molar-refractivity contribution in [3.05, 3.63) is 65.9 Å². The van der Waals surface area contributed by atoms with Gasteiger partial charge in [-0.15, -0.1) is 12.4 Å². The molecule has 1 aliphatic rings. The lowest BCUT2D eigenvalue weighted by Crippen LogP contribution is -2.36. The summed E-state index contributed by atoms with van der Waals surface area (Å²) in [7, 11) is 0. The lowest BCUT2D eigenvalue weighted by atomic mass is 10.0. The van der Waals surface area contributed by atoms with Crippen LogP contribution in [0.5, 0.6) is 0 Å². The lowest BCUT2D eigenvalue weighted by molar-refractivity contribution is 0.0372. The van der Waals surface area contributed by atoms with E-state index in [1.165, 1.54) is 5.56 Å². The number of benzene rings is 1. The Morgan fingerprint density at radius 3 is 2.78 bits per heavy atom. The second kappa shape index (κ2) is 10.2. The lowest BCUT2D eigenvalue weighted by Gasteiger charge is -2.26.